The predicted molar refractivity (Wildman–Crippen MR) is 155 cm³/mol. The fourth-order valence-corrected chi connectivity index (χ4v) is 5.88. The lowest BCUT2D eigenvalue weighted by atomic mass is 9.92. The van der Waals surface area contributed by atoms with E-state index < -0.39 is 5.60 Å². The molecular formula is C31H46N4O4. The van der Waals surface area contributed by atoms with Crippen molar-refractivity contribution >= 4 is 22.9 Å². The van der Waals surface area contributed by atoms with Gasteiger partial charge in [0.2, 0.25) is 0 Å². The van der Waals surface area contributed by atoms with E-state index in [1.165, 1.54) is 0 Å². The zero-order valence-electron chi connectivity index (χ0n) is 24.6. The Morgan fingerprint density at radius 3 is 2.28 bits per heavy atom. The van der Waals surface area contributed by atoms with Gasteiger partial charge in [-0.3, -0.25) is 9.59 Å². The minimum atomic E-state index is -0.459. The van der Waals surface area contributed by atoms with E-state index >= 15 is 0 Å². The van der Waals surface area contributed by atoms with Crippen LogP contribution in [0.3, 0.4) is 0 Å². The number of likely N-dealkylation sites (tertiary alicyclic amines) is 2. The SMILES string of the molecule is Cc1cccc2c1cc(C(=O)NCC1CCN(CC3CCN(C(=O)OC(C)(C)C)CC3)CC1)c(=O)n2C(C)C. The first kappa shape index (κ1) is 29.1. The number of aryl methyl sites for hydroxylation is 1. The van der Waals surface area contributed by atoms with E-state index in [1.54, 1.807) is 10.6 Å². The molecule has 2 fully saturated rings. The number of carbonyl (C=O) groups is 2. The molecule has 0 spiro atoms. The molecule has 3 heterocycles. The number of hydrogen-bond acceptors (Lipinski definition) is 5. The Kier molecular flexibility index (Phi) is 9.04. The van der Waals surface area contributed by atoms with E-state index in [2.05, 4.69) is 10.2 Å². The molecule has 4 rings (SSSR count). The number of piperidine rings is 2. The standard InChI is InChI=1S/C31H46N4O4/c1-21(2)35-27-9-7-8-22(3)25(27)18-26(29(35)37)28(36)32-19-23-10-14-33(15-11-23)20-24-12-16-34(17-13-24)30(38)39-31(4,5)6/h7-9,18,21,23-24H,10-17,19-20H2,1-6H3,(H,32,36). The lowest BCUT2D eigenvalue weighted by molar-refractivity contribution is 0.0164. The Balaban J connectivity index is 1.25. The maximum absolute atomic E-state index is 13.2. The van der Waals surface area contributed by atoms with Gasteiger partial charge < -0.3 is 24.4 Å². The van der Waals surface area contributed by atoms with Gasteiger partial charge in [0.15, 0.2) is 0 Å². The van der Waals surface area contributed by atoms with Gasteiger partial charge in [0.25, 0.3) is 11.5 Å². The number of ether oxygens (including phenoxy) is 1. The zero-order chi connectivity index (χ0) is 28.3. The van der Waals surface area contributed by atoms with E-state index in [0.717, 1.165) is 74.9 Å². The van der Waals surface area contributed by atoms with E-state index in [0.29, 0.717) is 18.4 Å². The van der Waals surface area contributed by atoms with Gasteiger partial charge in [-0.15, -0.1) is 0 Å². The molecule has 0 atom stereocenters. The number of hydrogen-bond donors (Lipinski definition) is 1. The molecular weight excluding hydrogens is 492 g/mol. The molecule has 8 heteroatoms. The summed E-state index contributed by atoms with van der Waals surface area (Å²) in [6.45, 7) is 16.9. The van der Waals surface area contributed by atoms with Gasteiger partial charge >= 0.3 is 6.09 Å². The van der Waals surface area contributed by atoms with Crippen molar-refractivity contribution in [1.29, 1.82) is 0 Å². The van der Waals surface area contributed by atoms with Crippen LogP contribution in [-0.4, -0.2) is 71.2 Å². The minimum absolute atomic E-state index is 0.0385. The van der Waals surface area contributed by atoms with Crippen molar-refractivity contribution in [1.82, 2.24) is 19.7 Å². The topological polar surface area (TPSA) is 83.9 Å². The number of nitrogens with zero attached hydrogens (tertiary/aromatic N) is 3. The van der Waals surface area contributed by atoms with E-state index in [-0.39, 0.29) is 29.2 Å². The first-order valence-electron chi connectivity index (χ1n) is 14.6. The van der Waals surface area contributed by atoms with Crippen LogP contribution in [0, 0.1) is 18.8 Å². The molecule has 2 aliphatic rings. The third kappa shape index (κ3) is 7.21. The molecule has 2 aliphatic heterocycles. The Labute approximate surface area is 232 Å². The zero-order valence-corrected chi connectivity index (χ0v) is 24.6. The van der Waals surface area contributed by atoms with Crippen LogP contribution in [0.25, 0.3) is 10.9 Å². The molecule has 2 saturated heterocycles. The van der Waals surface area contributed by atoms with Gasteiger partial charge in [-0.2, -0.15) is 0 Å². The van der Waals surface area contributed by atoms with Gasteiger partial charge in [0, 0.05) is 37.6 Å². The quantitative estimate of drug-likeness (QED) is 0.561. The Bertz CT molecular complexity index is 1230. The fourth-order valence-electron chi connectivity index (χ4n) is 5.88. The van der Waals surface area contributed by atoms with E-state index in [4.69, 9.17) is 4.74 Å². The van der Waals surface area contributed by atoms with Crippen LogP contribution in [0.2, 0.25) is 0 Å². The number of pyridine rings is 1. The highest BCUT2D eigenvalue weighted by molar-refractivity contribution is 5.98. The molecule has 1 N–H and O–H groups in total. The summed E-state index contributed by atoms with van der Waals surface area (Å²) in [4.78, 5) is 43.1. The fraction of sp³-hybridized carbons (Fsp3) is 0.645. The van der Waals surface area contributed by atoms with Crippen LogP contribution in [-0.2, 0) is 4.74 Å². The van der Waals surface area contributed by atoms with Crippen molar-refractivity contribution in [3.63, 3.8) is 0 Å². The largest absolute Gasteiger partial charge is 0.444 e. The highest BCUT2D eigenvalue weighted by Crippen LogP contribution is 2.24. The summed E-state index contributed by atoms with van der Waals surface area (Å²) in [5, 5.41) is 4.01. The number of aromatic nitrogens is 1. The van der Waals surface area contributed by atoms with E-state index in [1.807, 2.05) is 64.6 Å². The van der Waals surface area contributed by atoms with Crippen LogP contribution in [0.4, 0.5) is 4.79 Å². The predicted octanol–water partition coefficient (Wildman–Crippen LogP) is 4.98. The Morgan fingerprint density at radius 1 is 1.03 bits per heavy atom. The van der Waals surface area contributed by atoms with Crippen molar-refractivity contribution in [2.45, 2.75) is 78.9 Å². The summed E-state index contributed by atoms with van der Waals surface area (Å²) in [5.41, 5.74) is 1.46. The molecule has 2 amide bonds. The minimum Gasteiger partial charge on any atom is -0.444 e. The molecule has 0 unspecified atom stereocenters. The van der Waals surface area contributed by atoms with Crippen LogP contribution in [0.1, 0.15) is 82.3 Å². The molecule has 39 heavy (non-hydrogen) atoms. The van der Waals surface area contributed by atoms with Crippen molar-refractivity contribution in [2.24, 2.45) is 11.8 Å². The number of carbonyl (C=O) groups excluding carboxylic acids is 2. The average molecular weight is 539 g/mol. The Hall–Kier alpha value is -2.87. The molecule has 1 aromatic heterocycles. The average Bonchev–Trinajstić information content (AvgIpc) is 2.87. The second kappa shape index (κ2) is 12.1. The first-order chi connectivity index (χ1) is 18.4. The molecule has 0 bridgehead atoms. The van der Waals surface area contributed by atoms with Crippen molar-refractivity contribution < 1.29 is 14.3 Å². The maximum Gasteiger partial charge on any atom is 0.410 e. The number of fused-ring (bicyclic) bond motifs is 1. The van der Waals surface area contributed by atoms with Crippen molar-refractivity contribution in [3.8, 4) is 0 Å². The molecule has 0 saturated carbocycles. The summed E-state index contributed by atoms with van der Waals surface area (Å²) < 4.78 is 7.25. The highest BCUT2D eigenvalue weighted by Gasteiger charge is 2.29. The normalized spacial score (nSPS) is 18.1. The smallest absolute Gasteiger partial charge is 0.410 e. The second-order valence-corrected chi connectivity index (χ2v) is 12.7. The lowest BCUT2D eigenvalue weighted by Crippen LogP contribution is -2.45. The number of rotatable bonds is 6. The van der Waals surface area contributed by atoms with Crippen LogP contribution >= 0.6 is 0 Å². The summed E-state index contributed by atoms with van der Waals surface area (Å²) in [6.07, 6.45) is 3.88. The highest BCUT2D eigenvalue weighted by atomic mass is 16.6. The van der Waals surface area contributed by atoms with Gasteiger partial charge in [-0.1, -0.05) is 12.1 Å². The van der Waals surface area contributed by atoms with Gasteiger partial charge in [0.05, 0.1) is 5.52 Å². The summed E-state index contributed by atoms with van der Waals surface area (Å²) in [7, 11) is 0. The molecule has 0 radical (unpaired) electrons. The lowest BCUT2D eigenvalue weighted by Gasteiger charge is -2.38. The van der Waals surface area contributed by atoms with Gasteiger partial charge in [-0.05, 0) is 110 Å². The number of benzene rings is 1. The maximum atomic E-state index is 13.2. The second-order valence-electron chi connectivity index (χ2n) is 12.7. The molecule has 8 nitrogen and oxygen atoms in total. The summed E-state index contributed by atoms with van der Waals surface area (Å²) in [6, 6.07) is 7.64. The molecule has 1 aromatic carbocycles. The third-order valence-electron chi connectivity index (χ3n) is 8.10. The number of amides is 2. The monoisotopic (exact) mass is 538 g/mol. The van der Waals surface area contributed by atoms with Crippen LogP contribution in [0.15, 0.2) is 29.1 Å². The van der Waals surface area contributed by atoms with Crippen LogP contribution in [0.5, 0.6) is 0 Å². The summed E-state index contributed by atoms with van der Waals surface area (Å²) in [5.74, 6) is 0.729. The van der Waals surface area contributed by atoms with Gasteiger partial charge in [0.1, 0.15) is 11.2 Å². The molecule has 2 aromatic rings. The molecule has 214 valence electrons. The first-order valence-corrected chi connectivity index (χ1v) is 14.6. The van der Waals surface area contributed by atoms with Gasteiger partial charge in [-0.25, -0.2) is 4.79 Å². The Morgan fingerprint density at radius 2 is 1.67 bits per heavy atom. The molecule has 0 aliphatic carbocycles. The number of nitrogens with one attached hydrogen (secondary N) is 1. The third-order valence-corrected chi connectivity index (χ3v) is 8.10. The van der Waals surface area contributed by atoms with E-state index in [9.17, 15) is 14.4 Å². The van der Waals surface area contributed by atoms with Crippen LogP contribution < -0.4 is 10.9 Å². The summed E-state index contributed by atoms with van der Waals surface area (Å²) >= 11 is 0. The van der Waals surface area contributed by atoms with Crippen molar-refractivity contribution in [3.05, 3.63) is 45.7 Å². The van der Waals surface area contributed by atoms with Crippen molar-refractivity contribution in [2.75, 3.05) is 39.3 Å².